The molecule has 1 fully saturated rings. The molecule has 0 spiro atoms. The fraction of sp³-hybridized carbons (Fsp3) is 0.500. The van der Waals surface area contributed by atoms with Crippen molar-refractivity contribution in [1.82, 2.24) is 10.2 Å². The van der Waals surface area contributed by atoms with Crippen molar-refractivity contribution in [3.63, 3.8) is 0 Å². The fourth-order valence-corrected chi connectivity index (χ4v) is 3.02. The minimum Gasteiger partial charge on any atom is -0.496 e. The number of benzene rings is 1. The highest BCUT2D eigenvalue weighted by molar-refractivity contribution is 5.92. The van der Waals surface area contributed by atoms with Crippen molar-refractivity contribution < 1.29 is 28.5 Å². The van der Waals surface area contributed by atoms with E-state index in [0.29, 0.717) is 55.4 Å². The van der Waals surface area contributed by atoms with Gasteiger partial charge in [-0.15, -0.1) is 0 Å². The molecule has 0 atom stereocenters. The molecule has 1 aromatic rings. The van der Waals surface area contributed by atoms with Crippen molar-refractivity contribution in [3.05, 3.63) is 23.8 Å². The number of piperidine rings is 1. The summed E-state index contributed by atoms with van der Waals surface area (Å²) in [5, 5.41) is 2.97. The molecule has 0 radical (unpaired) electrons. The van der Waals surface area contributed by atoms with Crippen LogP contribution < -0.4 is 19.5 Å². The van der Waals surface area contributed by atoms with E-state index in [9.17, 15) is 9.59 Å². The second kappa shape index (κ2) is 10.4. The zero-order chi connectivity index (χ0) is 20.5. The molecule has 154 valence electrons. The lowest BCUT2D eigenvalue weighted by Gasteiger charge is -2.31. The molecule has 0 aliphatic carbocycles. The van der Waals surface area contributed by atoms with Crippen LogP contribution in [0, 0.1) is 0 Å². The first-order valence-electron chi connectivity index (χ1n) is 9.22. The minimum absolute atomic E-state index is 0.0233. The maximum absolute atomic E-state index is 12.3. The second-order valence-corrected chi connectivity index (χ2v) is 6.25. The number of nitrogens with zero attached hydrogens (tertiary/aromatic N) is 1. The van der Waals surface area contributed by atoms with Gasteiger partial charge in [0.2, 0.25) is 5.91 Å². The average molecular weight is 392 g/mol. The maximum atomic E-state index is 12.3. The number of likely N-dealkylation sites (tertiary alicyclic amines) is 1. The molecule has 1 heterocycles. The molecule has 2 rings (SSSR count). The van der Waals surface area contributed by atoms with Crippen LogP contribution in [0.5, 0.6) is 17.2 Å². The van der Waals surface area contributed by atoms with Crippen LogP contribution in [-0.2, 0) is 9.53 Å². The van der Waals surface area contributed by atoms with Crippen LogP contribution in [0.2, 0.25) is 0 Å². The predicted octanol–water partition coefficient (Wildman–Crippen LogP) is 2.46. The van der Waals surface area contributed by atoms with E-state index in [1.807, 2.05) is 0 Å². The fourth-order valence-electron chi connectivity index (χ4n) is 3.02. The van der Waals surface area contributed by atoms with Gasteiger partial charge in [-0.3, -0.25) is 4.79 Å². The Balaban J connectivity index is 1.95. The second-order valence-electron chi connectivity index (χ2n) is 6.25. The summed E-state index contributed by atoms with van der Waals surface area (Å²) in [7, 11) is 4.65. The molecule has 0 bridgehead atoms. The third kappa shape index (κ3) is 5.55. The number of carbonyl (C=O) groups excluding carboxylic acids is 2. The molecule has 2 amide bonds. The molecule has 0 aromatic heterocycles. The highest BCUT2D eigenvalue weighted by Crippen LogP contribution is 2.35. The van der Waals surface area contributed by atoms with Gasteiger partial charge < -0.3 is 29.2 Å². The lowest BCUT2D eigenvalue weighted by molar-refractivity contribution is -0.117. The standard InChI is InChI=1S/C20H28N2O6/c1-5-28-20(24)22-10-8-15(9-11-22)21-19(23)7-6-14-12-17(26-3)18(27-4)13-16(14)25-2/h6-7,12-13,15H,5,8-11H2,1-4H3,(H,21,23)/b7-6+. The third-order valence-corrected chi connectivity index (χ3v) is 4.52. The summed E-state index contributed by atoms with van der Waals surface area (Å²) in [5.41, 5.74) is 0.701. The van der Waals surface area contributed by atoms with Crippen LogP contribution in [0.1, 0.15) is 25.3 Å². The van der Waals surface area contributed by atoms with Gasteiger partial charge >= 0.3 is 6.09 Å². The van der Waals surface area contributed by atoms with Crippen LogP contribution in [0.3, 0.4) is 0 Å². The Morgan fingerprint density at radius 2 is 1.68 bits per heavy atom. The van der Waals surface area contributed by atoms with E-state index in [-0.39, 0.29) is 18.0 Å². The van der Waals surface area contributed by atoms with Gasteiger partial charge in [0, 0.05) is 36.8 Å². The van der Waals surface area contributed by atoms with E-state index >= 15 is 0 Å². The van der Waals surface area contributed by atoms with E-state index in [1.165, 1.54) is 6.08 Å². The van der Waals surface area contributed by atoms with E-state index in [0.717, 1.165) is 0 Å². The summed E-state index contributed by atoms with van der Waals surface area (Å²) in [6.07, 6.45) is 4.22. The van der Waals surface area contributed by atoms with E-state index < -0.39 is 0 Å². The van der Waals surface area contributed by atoms with E-state index in [1.54, 1.807) is 51.4 Å². The zero-order valence-electron chi connectivity index (χ0n) is 16.8. The van der Waals surface area contributed by atoms with Gasteiger partial charge in [-0.05, 0) is 31.9 Å². The number of hydrogen-bond donors (Lipinski definition) is 1. The average Bonchev–Trinajstić information content (AvgIpc) is 2.72. The Morgan fingerprint density at radius 3 is 2.25 bits per heavy atom. The lowest BCUT2D eigenvalue weighted by Crippen LogP contribution is -2.46. The molecule has 0 unspecified atom stereocenters. The molecule has 0 saturated carbocycles. The number of methoxy groups -OCH3 is 3. The largest absolute Gasteiger partial charge is 0.496 e. The Morgan fingerprint density at radius 1 is 1.07 bits per heavy atom. The number of rotatable bonds is 7. The molecular weight excluding hydrogens is 364 g/mol. The van der Waals surface area contributed by atoms with Gasteiger partial charge in [0.25, 0.3) is 0 Å². The lowest BCUT2D eigenvalue weighted by atomic mass is 10.1. The SMILES string of the molecule is CCOC(=O)N1CCC(NC(=O)/C=C/c2cc(OC)c(OC)cc2OC)CC1. The van der Waals surface area contributed by atoms with Crippen LogP contribution in [0.15, 0.2) is 18.2 Å². The highest BCUT2D eigenvalue weighted by atomic mass is 16.6. The van der Waals surface area contributed by atoms with Gasteiger partial charge in [-0.1, -0.05) is 0 Å². The molecule has 28 heavy (non-hydrogen) atoms. The van der Waals surface area contributed by atoms with Gasteiger partial charge in [0.05, 0.1) is 27.9 Å². The molecule has 1 saturated heterocycles. The summed E-state index contributed by atoms with van der Waals surface area (Å²) in [6, 6.07) is 3.48. The molecule has 1 N–H and O–H groups in total. The minimum atomic E-state index is -0.298. The van der Waals surface area contributed by atoms with E-state index in [4.69, 9.17) is 18.9 Å². The predicted molar refractivity (Wildman–Crippen MR) is 105 cm³/mol. The quantitative estimate of drug-likeness (QED) is 0.718. The van der Waals surface area contributed by atoms with Crippen molar-refractivity contribution in [2.75, 3.05) is 41.0 Å². The third-order valence-electron chi connectivity index (χ3n) is 4.52. The van der Waals surface area contributed by atoms with Crippen LogP contribution in [-0.4, -0.2) is 64.0 Å². The first-order chi connectivity index (χ1) is 13.5. The van der Waals surface area contributed by atoms with Crippen LogP contribution in [0.25, 0.3) is 6.08 Å². The topological polar surface area (TPSA) is 86.3 Å². The number of hydrogen-bond acceptors (Lipinski definition) is 6. The molecule has 8 heteroatoms. The highest BCUT2D eigenvalue weighted by Gasteiger charge is 2.24. The molecular formula is C20H28N2O6. The number of nitrogens with one attached hydrogen (secondary N) is 1. The Kier molecular flexibility index (Phi) is 7.98. The first kappa shape index (κ1) is 21.4. The van der Waals surface area contributed by atoms with Crippen molar-refractivity contribution in [2.24, 2.45) is 0 Å². The van der Waals surface area contributed by atoms with Crippen molar-refractivity contribution >= 4 is 18.1 Å². The Hall–Kier alpha value is -2.90. The van der Waals surface area contributed by atoms with Gasteiger partial charge in [0.15, 0.2) is 11.5 Å². The van der Waals surface area contributed by atoms with Gasteiger partial charge in [0.1, 0.15) is 5.75 Å². The van der Waals surface area contributed by atoms with Crippen molar-refractivity contribution in [2.45, 2.75) is 25.8 Å². The molecule has 8 nitrogen and oxygen atoms in total. The van der Waals surface area contributed by atoms with Crippen LogP contribution in [0.4, 0.5) is 4.79 Å². The summed E-state index contributed by atoms with van der Waals surface area (Å²) in [6.45, 7) is 3.28. The number of ether oxygens (including phenoxy) is 4. The monoisotopic (exact) mass is 392 g/mol. The number of carbonyl (C=O) groups is 2. The zero-order valence-corrected chi connectivity index (χ0v) is 16.8. The van der Waals surface area contributed by atoms with Gasteiger partial charge in [-0.2, -0.15) is 0 Å². The molecule has 1 aromatic carbocycles. The summed E-state index contributed by atoms with van der Waals surface area (Å²) < 4.78 is 20.9. The van der Waals surface area contributed by atoms with Gasteiger partial charge in [-0.25, -0.2) is 4.79 Å². The summed E-state index contributed by atoms with van der Waals surface area (Å²) in [4.78, 5) is 25.7. The van der Waals surface area contributed by atoms with E-state index in [2.05, 4.69) is 5.32 Å². The van der Waals surface area contributed by atoms with Crippen LogP contribution >= 0.6 is 0 Å². The summed E-state index contributed by atoms with van der Waals surface area (Å²) >= 11 is 0. The van der Waals surface area contributed by atoms with Crippen molar-refractivity contribution in [3.8, 4) is 17.2 Å². The normalized spacial score (nSPS) is 14.6. The molecule has 1 aliphatic rings. The summed E-state index contributed by atoms with van der Waals surface area (Å²) in [5.74, 6) is 1.47. The Bertz CT molecular complexity index is 711. The van der Waals surface area contributed by atoms with Crippen molar-refractivity contribution in [1.29, 1.82) is 0 Å². The molecule has 1 aliphatic heterocycles. The maximum Gasteiger partial charge on any atom is 0.409 e. The number of amides is 2. The Labute approximate surface area is 165 Å². The smallest absolute Gasteiger partial charge is 0.409 e. The first-order valence-corrected chi connectivity index (χ1v) is 9.22.